The molecular weight excluding hydrogens is 323 g/mol. The van der Waals surface area contributed by atoms with E-state index in [0.717, 1.165) is 6.07 Å². The van der Waals surface area contributed by atoms with Crippen LogP contribution in [0.4, 0.5) is 4.39 Å². The topological polar surface area (TPSA) is 72.2 Å². The molecule has 0 saturated carbocycles. The summed E-state index contributed by atoms with van der Waals surface area (Å²) in [5.74, 6) is -2.20. The van der Waals surface area contributed by atoms with Gasteiger partial charge in [-0.2, -0.15) is 0 Å². The Labute approximate surface area is 138 Å². The summed E-state index contributed by atoms with van der Waals surface area (Å²) in [6.45, 7) is 7.87. The molecule has 0 unspecified atom stereocenters. The first-order valence-corrected chi connectivity index (χ1v) is 7.92. The van der Waals surface area contributed by atoms with Gasteiger partial charge in [-0.25, -0.2) is 14.2 Å². The summed E-state index contributed by atoms with van der Waals surface area (Å²) in [5, 5.41) is 8.72. The number of carbonyl (C=O) groups is 1. The van der Waals surface area contributed by atoms with Crippen LogP contribution in [0.15, 0.2) is 17.1 Å². The van der Waals surface area contributed by atoms with E-state index in [-0.39, 0.29) is 22.2 Å². The van der Waals surface area contributed by atoms with Crippen molar-refractivity contribution < 1.29 is 14.3 Å². The van der Waals surface area contributed by atoms with E-state index < -0.39 is 22.8 Å². The molecule has 1 N–H and O–H groups in total. The van der Waals surface area contributed by atoms with Gasteiger partial charge in [0.25, 0.3) is 0 Å². The number of carboxylic acid groups (broad SMARTS) is 1. The van der Waals surface area contributed by atoms with Gasteiger partial charge in [0.05, 0.1) is 5.39 Å². The molecular formula is C16H20ClFN2O3. The fraction of sp³-hybridized carbons (Fsp3) is 0.438. The second-order valence-corrected chi connectivity index (χ2v) is 5.04. The lowest BCUT2D eigenvalue weighted by atomic mass is 10.1. The first-order chi connectivity index (χ1) is 10.9. The zero-order chi connectivity index (χ0) is 17.7. The highest BCUT2D eigenvalue weighted by atomic mass is 35.5. The third-order valence-electron chi connectivity index (χ3n) is 3.48. The van der Waals surface area contributed by atoms with E-state index >= 15 is 0 Å². The van der Waals surface area contributed by atoms with Crippen molar-refractivity contribution in [2.24, 2.45) is 0 Å². The molecule has 0 amide bonds. The van der Waals surface area contributed by atoms with Gasteiger partial charge in [-0.05, 0) is 18.9 Å². The van der Waals surface area contributed by atoms with Gasteiger partial charge in [-0.3, -0.25) is 4.79 Å². The lowest BCUT2D eigenvalue weighted by molar-refractivity contribution is 0.0694. The molecule has 2 rings (SSSR count). The van der Waals surface area contributed by atoms with Gasteiger partial charge < -0.3 is 9.67 Å². The molecule has 0 aliphatic heterocycles. The van der Waals surface area contributed by atoms with Gasteiger partial charge in [-0.15, -0.1) is 0 Å². The molecule has 0 aromatic carbocycles. The number of carboxylic acids is 1. The maximum absolute atomic E-state index is 13.6. The van der Waals surface area contributed by atoms with Gasteiger partial charge >= 0.3 is 5.97 Å². The minimum absolute atomic E-state index is 0.0553. The van der Waals surface area contributed by atoms with E-state index in [1.165, 1.54) is 6.20 Å². The van der Waals surface area contributed by atoms with Crippen LogP contribution in [0.5, 0.6) is 0 Å². The smallest absolute Gasteiger partial charge is 0.341 e. The minimum Gasteiger partial charge on any atom is -0.477 e. The molecule has 126 valence electrons. The van der Waals surface area contributed by atoms with Crippen molar-refractivity contribution >= 4 is 28.6 Å². The lowest BCUT2D eigenvalue weighted by Gasteiger charge is -2.20. The Morgan fingerprint density at radius 3 is 2.43 bits per heavy atom. The van der Waals surface area contributed by atoms with Gasteiger partial charge in [0.15, 0.2) is 11.0 Å². The second-order valence-electron chi connectivity index (χ2n) is 4.69. The molecule has 0 radical (unpaired) electrons. The molecule has 0 spiro atoms. The molecule has 0 fully saturated rings. The maximum Gasteiger partial charge on any atom is 0.341 e. The number of hydrogen-bond acceptors (Lipinski definition) is 3. The largest absolute Gasteiger partial charge is 0.477 e. The Morgan fingerprint density at radius 2 is 1.96 bits per heavy atom. The fourth-order valence-electron chi connectivity index (χ4n) is 2.34. The normalized spacial score (nSPS) is 10.6. The zero-order valence-corrected chi connectivity index (χ0v) is 14.3. The summed E-state index contributed by atoms with van der Waals surface area (Å²) < 4.78 is 15.2. The molecule has 7 heteroatoms. The van der Waals surface area contributed by atoms with Gasteiger partial charge in [0.1, 0.15) is 11.2 Å². The van der Waals surface area contributed by atoms with Crippen LogP contribution in [0.3, 0.4) is 0 Å². The Bertz CT molecular complexity index is 770. The summed E-state index contributed by atoms with van der Waals surface area (Å²) >= 11 is 5.69. The van der Waals surface area contributed by atoms with Gasteiger partial charge in [-0.1, -0.05) is 39.3 Å². The predicted octanol–water partition coefficient (Wildman–Crippen LogP) is 4.27. The molecule has 2 aromatic rings. The Balaban J connectivity index is 0.00000127. The van der Waals surface area contributed by atoms with Crippen LogP contribution in [-0.4, -0.2) is 20.6 Å². The molecule has 2 heterocycles. The van der Waals surface area contributed by atoms with Crippen molar-refractivity contribution in [3.05, 3.63) is 39.0 Å². The summed E-state index contributed by atoms with van der Waals surface area (Å²) in [5.41, 5.74) is -0.967. The second kappa shape index (κ2) is 8.06. The third kappa shape index (κ3) is 3.69. The van der Waals surface area contributed by atoms with E-state index in [1.807, 2.05) is 27.7 Å². The summed E-state index contributed by atoms with van der Waals surface area (Å²) in [7, 11) is 0. The van der Waals surface area contributed by atoms with Crippen LogP contribution in [0, 0.1) is 5.82 Å². The number of rotatable bonds is 4. The number of halogens is 2. The van der Waals surface area contributed by atoms with Crippen molar-refractivity contribution in [2.75, 3.05) is 0 Å². The standard InChI is InChI=1S/C14H14ClFN2O3.C2H6/c1-3-7(4-2)18-6-9(14(20)21)11(19)8-5-10(16)12(15)17-13(8)18;1-2/h5-7H,3-4H2,1-2H3,(H,20,21);1-2H3. The Kier molecular flexibility index (Phi) is 6.69. The number of pyridine rings is 2. The zero-order valence-electron chi connectivity index (χ0n) is 13.6. The highest BCUT2D eigenvalue weighted by molar-refractivity contribution is 6.29. The van der Waals surface area contributed by atoms with E-state index in [9.17, 15) is 14.0 Å². The highest BCUT2D eigenvalue weighted by Crippen LogP contribution is 2.23. The molecule has 5 nitrogen and oxygen atoms in total. The van der Waals surface area contributed by atoms with Gasteiger partial charge in [0.2, 0.25) is 5.43 Å². The van der Waals surface area contributed by atoms with Crippen LogP contribution in [0.1, 0.15) is 56.9 Å². The molecule has 0 bridgehead atoms. The monoisotopic (exact) mass is 342 g/mol. The third-order valence-corrected chi connectivity index (χ3v) is 3.75. The minimum atomic E-state index is -1.35. The van der Waals surface area contributed by atoms with Crippen molar-refractivity contribution in [3.63, 3.8) is 0 Å². The van der Waals surface area contributed by atoms with Gasteiger partial charge in [0, 0.05) is 12.2 Å². The Hall–Kier alpha value is -1.95. The summed E-state index contributed by atoms with van der Waals surface area (Å²) in [6, 6.07) is 0.887. The first kappa shape index (κ1) is 19.1. The van der Waals surface area contributed by atoms with Crippen molar-refractivity contribution in [3.8, 4) is 0 Å². The molecule has 0 aliphatic carbocycles. The number of aromatic carboxylic acids is 1. The molecule has 2 aromatic heterocycles. The van der Waals surface area contributed by atoms with E-state index in [0.29, 0.717) is 12.8 Å². The number of nitrogens with zero attached hydrogens (tertiary/aromatic N) is 2. The summed E-state index contributed by atoms with van der Waals surface area (Å²) in [6.07, 6.45) is 2.68. The SMILES string of the molecule is CC.CCC(CC)n1cc(C(=O)O)c(=O)c2cc(F)c(Cl)nc21. The van der Waals surface area contributed by atoms with Crippen molar-refractivity contribution in [1.29, 1.82) is 0 Å². The van der Waals surface area contributed by atoms with E-state index in [1.54, 1.807) is 4.57 Å². The molecule has 0 atom stereocenters. The quantitative estimate of drug-likeness (QED) is 0.842. The van der Waals surface area contributed by atoms with E-state index in [2.05, 4.69) is 4.98 Å². The number of hydrogen-bond donors (Lipinski definition) is 1. The summed E-state index contributed by atoms with van der Waals surface area (Å²) in [4.78, 5) is 27.3. The Morgan fingerprint density at radius 1 is 1.39 bits per heavy atom. The number of fused-ring (bicyclic) bond motifs is 1. The lowest BCUT2D eigenvalue weighted by Crippen LogP contribution is -2.22. The average Bonchev–Trinajstić information content (AvgIpc) is 2.54. The van der Waals surface area contributed by atoms with Crippen LogP contribution in [0.2, 0.25) is 5.15 Å². The molecule has 0 saturated heterocycles. The van der Waals surface area contributed by atoms with Crippen LogP contribution in [-0.2, 0) is 0 Å². The average molecular weight is 343 g/mol. The highest BCUT2D eigenvalue weighted by Gasteiger charge is 2.20. The molecule has 0 aliphatic rings. The van der Waals surface area contributed by atoms with E-state index in [4.69, 9.17) is 16.7 Å². The molecule has 23 heavy (non-hydrogen) atoms. The first-order valence-electron chi connectivity index (χ1n) is 7.54. The fourth-order valence-corrected chi connectivity index (χ4v) is 2.47. The van der Waals surface area contributed by atoms with Crippen molar-refractivity contribution in [2.45, 2.75) is 46.6 Å². The predicted molar refractivity (Wildman–Crippen MR) is 88.9 cm³/mol. The van der Waals surface area contributed by atoms with Crippen LogP contribution >= 0.6 is 11.6 Å². The maximum atomic E-state index is 13.6. The number of aromatic nitrogens is 2. The van der Waals surface area contributed by atoms with Crippen LogP contribution < -0.4 is 5.43 Å². The van der Waals surface area contributed by atoms with Crippen molar-refractivity contribution in [1.82, 2.24) is 9.55 Å². The van der Waals surface area contributed by atoms with Crippen LogP contribution in [0.25, 0.3) is 11.0 Å².